The molecule has 2 nitrogen and oxygen atoms in total. The van der Waals surface area contributed by atoms with Crippen LogP contribution in [0.1, 0.15) is 45.0 Å². The topological polar surface area (TPSA) is 15.3 Å². The van der Waals surface area contributed by atoms with Crippen LogP contribution in [0.15, 0.2) is 17.5 Å². The van der Waals surface area contributed by atoms with Gasteiger partial charge in [-0.2, -0.15) is 0 Å². The molecule has 0 aliphatic carbocycles. The first kappa shape index (κ1) is 15.0. The predicted molar refractivity (Wildman–Crippen MR) is 84.7 cm³/mol. The van der Waals surface area contributed by atoms with Crippen LogP contribution < -0.4 is 5.32 Å². The van der Waals surface area contributed by atoms with E-state index in [0.29, 0.717) is 18.0 Å². The van der Waals surface area contributed by atoms with Crippen LogP contribution in [0, 0.1) is 11.8 Å². The summed E-state index contributed by atoms with van der Waals surface area (Å²) in [6.07, 6.45) is 1.35. The maximum atomic E-state index is 3.81. The van der Waals surface area contributed by atoms with Gasteiger partial charge in [-0.3, -0.25) is 0 Å². The molecule has 0 radical (unpaired) electrons. The van der Waals surface area contributed by atoms with Gasteiger partial charge in [0.2, 0.25) is 0 Å². The average Bonchev–Trinajstić information content (AvgIpc) is 2.98. The van der Waals surface area contributed by atoms with E-state index in [1.807, 2.05) is 11.3 Å². The van der Waals surface area contributed by atoms with Gasteiger partial charge in [-0.1, -0.05) is 19.9 Å². The monoisotopic (exact) mass is 280 g/mol. The van der Waals surface area contributed by atoms with Crippen molar-refractivity contribution in [2.75, 3.05) is 19.6 Å². The van der Waals surface area contributed by atoms with E-state index in [-0.39, 0.29) is 0 Å². The van der Waals surface area contributed by atoms with Crippen LogP contribution in [0.4, 0.5) is 0 Å². The van der Waals surface area contributed by atoms with Crippen LogP contribution in [-0.4, -0.2) is 30.6 Å². The van der Waals surface area contributed by atoms with Gasteiger partial charge in [0, 0.05) is 23.5 Å². The Bertz CT molecular complexity index is 359. The van der Waals surface area contributed by atoms with Gasteiger partial charge in [-0.25, -0.2) is 0 Å². The second-order valence-corrected chi connectivity index (χ2v) is 7.37. The molecule has 1 aromatic rings. The zero-order chi connectivity index (χ0) is 13.8. The van der Waals surface area contributed by atoms with Crippen molar-refractivity contribution < 1.29 is 0 Å². The molecule has 1 aromatic heterocycles. The molecule has 1 aliphatic heterocycles. The highest BCUT2D eigenvalue weighted by atomic mass is 32.1. The highest BCUT2D eigenvalue weighted by Gasteiger charge is 2.25. The van der Waals surface area contributed by atoms with Crippen molar-refractivity contribution in [2.45, 2.75) is 46.2 Å². The second-order valence-electron chi connectivity index (χ2n) is 6.39. The number of hydrogen-bond acceptors (Lipinski definition) is 3. The molecule has 1 N–H and O–H groups in total. The third-order valence-electron chi connectivity index (χ3n) is 4.19. The molecule has 108 valence electrons. The van der Waals surface area contributed by atoms with Gasteiger partial charge in [0.15, 0.2) is 0 Å². The number of nitrogens with one attached hydrogen (secondary N) is 1. The molecule has 2 heterocycles. The van der Waals surface area contributed by atoms with E-state index in [4.69, 9.17) is 0 Å². The van der Waals surface area contributed by atoms with E-state index in [1.165, 1.54) is 24.4 Å². The maximum absolute atomic E-state index is 3.81. The summed E-state index contributed by atoms with van der Waals surface area (Å²) in [4.78, 5) is 4.08. The molecular formula is C16H28N2S. The molecule has 0 bridgehead atoms. The quantitative estimate of drug-likeness (QED) is 0.853. The van der Waals surface area contributed by atoms with E-state index >= 15 is 0 Å². The van der Waals surface area contributed by atoms with Crippen molar-refractivity contribution in [3.8, 4) is 0 Å². The summed E-state index contributed by atoms with van der Waals surface area (Å²) in [6, 6.07) is 5.64. The van der Waals surface area contributed by atoms with E-state index in [2.05, 4.69) is 55.4 Å². The molecule has 0 aromatic carbocycles. The minimum atomic E-state index is 0.521. The summed E-state index contributed by atoms with van der Waals surface area (Å²) in [5.41, 5.74) is 0. The summed E-state index contributed by atoms with van der Waals surface area (Å²) in [6.45, 7) is 12.9. The van der Waals surface area contributed by atoms with Crippen LogP contribution in [0.2, 0.25) is 0 Å². The molecule has 1 aliphatic rings. The van der Waals surface area contributed by atoms with Crippen LogP contribution in [0.5, 0.6) is 0 Å². The first-order valence-electron chi connectivity index (χ1n) is 7.58. The highest BCUT2D eigenvalue weighted by Crippen LogP contribution is 2.27. The molecule has 0 saturated carbocycles. The molecule has 1 fully saturated rings. The summed E-state index contributed by atoms with van der Waals surface area (Å²) in [5, 5.41) is 5.99. The van der Waals surface area contributed by atoms with Gasteiger partial charge in [0.1, 0.15) is 0 Å². The zero-order valence-corrected chi connectivity index (χ0v) is 13.5. The Morgan fingerprint density at radius 2 is 2.16 bits per heavy atom. The summed E-state index contributed by atoms with van der Waals surface area (Å²) in [5.74, 6) is 1.48. The lowest BCUT2D eigenvalue weighted by molar-refractivity contribution is 0.261. The zero-order valence-electron chi connectivity index (χ0n) is 12.7. The molecule has 3 heteroatoms. The predicted octanol–water partition coefficient (Wildman–Crippen LogP) is 3.77. The SMILES string of the molecule is CC(C)C(NCC1CCN(C(C)C)C1)c1cccs1. The van der Waals surface area contributed by atoms with Crippen molar-refractivity contribution in [2.24, 2.45) is 11.8 Å². The molecule has 1 saturated heterocycles. The number of rotatable bonds is 6. The number of likely N-dealkylation sites (tertiary alicyclic amines) is 1. The van der Waals surface area contributed by atoms with Crippen molar-refractivity contribution in [1.82, 2.24) is 10.2 Å². The molecule has 2 rings (SSSR count). The summed E-state index contributed by atoms with van der Waals surface area (Å²) < 4.78 is 0. The molecule has 2 unspecified atom stereocenters. The highest BCUT2D eigenvalue weighted by molar-refractivity contribution is 7.10. The first-order chi connectivity index (χ1) is 9.08. The van der Waals surface area contributed by atoms with Gasteiger partial charge < -0.3 is 10.2 Å². The number of thiophene rings is 1. The third kappa shape index (κ3) is 4.04. The van der Waals surface area contributed by atoms with Crippen molar-refractivity contribution in [3.63, 3.8) is 0 Å². The average molecular weight is 280 g/mol. The van der Waals surface area contributed by atoms with Gasteiger partial charge in [-0.15, -0.1) is 11.3 Å². The van der Waals surface area contributed by atoms with Crippen LogP contribution in [0.3, 0.4) is 0 Å². The Morgan fingerprint density at radius 3 is 2.68 bits per heavy atom. The van der Waals surface area contributed by atoms with Crippen molar-refractivity contribution >= 4 is 11.3 Å². The largest absolute Gasteiger partial charge is 0.309 e. The Morgan fingerprint density at radius 1 is 1.37 bits per heavy atom. The molecule has 2 atom stereocenters. The first-order valence-corrected chi connectivity index (χ1v) is 8.46. The summed E-state index contributed by atoms with van der Waals surface area (Å²) in [7, 11) is 0. The Hall–Kier alpha value is -0.380. The fourth-order valence-corrected chi connectivity index (χ4v) is 3.90. The van der Waals surface area contributed by atoms with Crippen molar-refractivity contribution in [3.05, 3.63) is 22.4 Å². The van der Waals surface area contributed by atoms with Gasteiger partial charge in [0.05, 0.1) is 0 Å². The minimum Gasteiger partial charge on any atom is -0.309 e. The normalized spacial score (nSPS) is 22.5. The Kier molecular flexibility index (Phi) is 5.43. The lowest BCUT2D eigenvalue weighted by atomic mass is 10.0. The van der Waals surface area contributed by atoms with Gasteiger partial charge in [0.25, 0.3) is 0 Å². The summed E-state index contributed by atoms with van der Waals surface area (Å²) >= 11 is 1.87. The van der Waals surface area contributed by atoms with E-state index < -0.39 is 0 Å². The minimum absolute atomic E-state index is 0.521. The van der Waals surface area contributed by atoms with Crippen LogP contribution in [-0.2, 0) is 0 Å². The lowest BCUT2D eigenvalue weighted by Gasteiger charge is -2.24. The van der Waals surface area contributed by atoms with E-state index in [9.17, 15) is 0 Å². The lowest BCUT2D eigenvalue weighted by Crippen LogP contribution is -2.33. The molecular weight excluding hydrogens is 252 g/mol. The molecule has 0 amide bonds. The number of hydrogen-bond donors (Lipinski definition) is 1. The van der Waals surface area contributed by atoms with Crippen molar-refractivity contribution in [1.29, 1.82) is 0 Å². The third-order valence-corrected chi connectivity index (χ3v) is 5.15. The van der Waals surface area contributed by atoms with Crippen LogP contribution in [0.25, 0.3) is 0 Å². The fraction of sp³-hybridized carbons (Fsp3) is 0.750. The van der Waals surface area contributed by atoms with Gasteiger partial charge >= 0.3 is 0 Å². The smallest absolute Gasteiger partial charge is 0.0438 e. The van der Waals surface area contributed by atoms with Crippen LogP contribution >= 0.6 is 11.3 Å². The number of nitrogens with zero attached hydrogens (tertiary/aromatic N) is 1. The standard InChI is InChI=1S/C16H28N2S/c1-12(2)16(15-6-5-9-19-15)17-10-14-7-8-18(11-14)13(3)4/h5-6,9,12-14,16-17H,7-8,10-11H2,1-4H3. The molecule has 19 heavy (non-hydrogen) atoms. The maximum Gasteiger partial charge on any atom is 0.0438 e. The Labute approximate surface area is 122 Å². The second kappa shape index (κ2) is 6.87. The van der Waals surface area contributed by atoms with E-state index in [0.717, 1.165) is 12.5 Å². The molecule has 0 spiro atoms. The van der Waals surface area contributed by atoms with Gasteiger partial charge in [-0.05, 0) is 56.6 Å². The van der Waals surface area contributed by atoms with E-state index in [1.54, 1.807) is 0 Å². The Balaban J connectivity index is 1.84. The fourth-order valence-electron chi connectivity index (χ4n) is 2.92.